The number of halogens is 2. The van der Waals surface area contributed by atoms with Gasteiger partial charge in [0.05, 0.1) is 13.2 Å². The molecule has 0 aromatic heterocycles. The van der Waals surface area contributed by atoms with Crippen LogP contribution in [-0.2, 0) is 12.8 Å². The highest BCUT2D eigenvalue weighted by Crippen LogP contribution is 2.20. The van der Waals surface area contributed by atoms with Crippen molar-refractivity contribution in [1.82, 2.24) is 0 Å². The molecule has 2 aromatic rings. The lowest BCUT2D eigenvalue weighted by molar-refractivity contribution is 0.174. The van der Waals surface area contributed by atoms with Gasteiger partial charge in [0.2, 0.25) is 0 Å². The van der Waals surface area contributed by atoms with E-state index >= 15 is 0 Å². The van der Waals surface area contributed by atoms with Crippen LogP contribution in [0.1, 0.15) is 11.1 Å². The first kappa shape index (κ1) is 14.5. The van der Waals surface area contributed by atoms with Crippen molar-refractivity contribution in [2.45, 2.75) is 18.9 Å². The average molecular weight is 278 g/mol. The Morgan fingerprint density at radius 2 is 1.80 bits per heavy atom. The van der Waals surface area contributed by atoms with E-state index in [0.29, 0.717) is 17.7 Å². The van der Waals surface area contributed by atoms with Crippen molar-refractivity contribution < 1.29 is 18.6 Å². The Bertz CT molecular complexity index is 584. The highest BCUT2D eigenvalue weighted by molar-refractivity contribution is 5.34. The summed E-state index contributed by atoms with van der Waals surface area (Å²) in [6, 6.07) is 11.1. The highest BCUT2D eigenvalue weighted by Gasteiger charge is 2.11. The molecule has 0 saturated heterocycles. The van der Waals surface area contributed by atoms with Gasteiger partial charge < -0.3 is 9.84 Å². The fraction of sp³-hybridized carbons (Fsp3) is 0.250. The number of ether oxygens (including phenoxy) is 1. The number of hydrogen-bond donors (Lipinski definition) is 1. The molecule has 0 saturated carbocycles. The molecule has 0 aliphatic heterocycles. The topological polar surface area (TPSA) is 29.5 Å². The van der Waals surface area contributed by atoms with E-state index in [-0.39, 0.29) is 6.42 Å². The van der Waals surface area contributed by atoms with E-state index in [4.69, 9.17) is 4.74 Å². The van der Waals surface area contributed by atoms with Gasteiger partial charge in [0, 0.05) is 6.42 Å². The Labute approximate surface area is 116 Å². The molecule has 106 valence electrons. The smallest absolute Gasteiger partial charge is 0.159 e. The van der Waals surface area contributed by atoms with Gasteiger partial charge in [-0.1, -0.05) is 24.3 Å². The Hall–Kier alpha value is -1.94. The first-order chi connectivity index (χ1) is 9.60. The predicted octanol–water partition coefficient (Wildman–Crippen LogP) is 3.12. The molecule has 20 heavy (non-hydrogen) atoms. The number of para-hydroxylation sites is 1. The fourth-order valence-corrected chi connectivity index (χ4v) is 2.14. The third kappa shape index (κ3) is 3.54. The van der Waals surface area contributed by atoms with E-state index in [9.17, 15) is 13.9 Å². The monoisotopic (exact) mass is 278 g/mol. The number of hydrogen-bond acceptors (Lipinski definition) is 2. The highest BCUT2D eigenvalue weighted by atomic mass is 19.2. The van der Waals surface area contributed by atoms with Gasteiger partial charge in [-0.05, 0) is 35.7 Å². The first-order valence-electron chi connectivity index (χ1n) is 6.34. The molecule has 0 fully saturated rings. The summed E-state index contributed by atoms with van der Waals surface area (Å²) in [6.07, 6.45) is -0.0331. The Balaban J connectivity index is 2.05. The maximum atomic E-state index is 13.1. The quantitative estimate of drug-likeness (QED) is 0.910. The SMILES string of the molecule is COc1ccccc1CC(O)Cc1ccc(F)c(F)c1. The van der Waals surface area contributed by atoms with E-state index in [1.54, 1.807) is 7.11 Å². The minimum absolute atomic E-state index is 0.259. The summed E-state index contributed by atoms with van der Waals surface area (Å²) in [5.74, 6) is -1.07. The predicted molar refractivity (Wildman–Crippen MR) is 72.8 cm³/mol. The minimum Gasteiger partial charge on any atom is -0.496 e. The van der Waals surface area contributed by atoms with Crippen molar-refractivity contribution >= 4 is 0 Å². The summed E-state index contributed by atoms with van der Waals surface area (Å²) in [5, 5.41) is 10.1. The van der Waals surface area contributed by atoms with E-state index in [1.165, 1.54) is 6.07 Å². The summed E-state index contributed by atoms with van der Waals surface area (Å²) in [6.45, 7) is 0. The average Bonchev–Trinajstić information content (AvgIpc) is 2.43. The van der Waals surface area contributed by atoms with Crippen LogP contribution in [0.25, 0.3) is 0 Å². The van der Waals surface area contributed by atoms with Gasteiger partial charge in [0.1, 0.15) is 5.75 Å². The Kier molecular flexibility index (Phi) is 4.69. The molecule has 0 aliphatic rings. The van der Waals surface area contributed by atoms with Gasteiger partial charge >= 0.3 is 0 Å². The molecule has 0 amide bonds. The second-order valence-corrected chi connectivity index (χ2v) is 4.62. The van der Waals surface area contributed by atoms with Crippen LogP contribution in [0.4, 0.5) is 8.78 Å². The molecule has 0 radical (unpaired) electrons. The zero-order valence-electron chi connectivity index (χ0n) is 11.1. The lowest BCUT2D eigenvalue weighted by Gasteiger charge is -2.13. The van der Waals surface area contributed by atoms with Crippen molar-refractivity contribution in [1.29, 1.82) is 0 Å². The summed E-state index contributed by atoms with van der Waals surface area (Å²) in [4.78, 5) is 0. The summed E-state index contributed by atoms with van der Waals surface area (Å²) in [5.41, 5.74) is 1.44. The summed E-state index contributed by atoms with van der Waals surface area (Å²) in [7, 11) is 1.57. The number of methoxy groups -OCH3 is 1. The molecule has 2 aromatic carbocycles. The van der Waals surface area contributed by atoms with Crippen LogP contribution in [0.5, 0.6) is 5.75 Å². The molecule has 2 rings (SSSR count). The molecule has 1 unspecified atom stereocenters. The molecular weight excluding hydrogens is 262 g/mol. The van der Waals surface area contributed by atoms with Gasteiger partial charge in [0.15, 0.2) is 11.6 Å². The Morgan fingerprint density at radius 3 is 2.50 bits per heavy atom. The zero-order chi connectivity index (χ0) is 14.5. The fourth-order valence-electron chi connectivity index (χ4n) is 2.14. The number of aliphatic hydroxyl groups is 1. The third-order valence-corrected chi connectivity index (χ3v) is 3.10. The van der Waals surface area contributed by atoms with Crippen LogP contribution in [-0.4, -0.2) is 18.3 Å². The Morgan fingerprint density at radius 1 is 1.05 bits per heavy atom. The maximum Gasteiger partial charge on any atom is 0.159 e. The number of benzene rings is 2. The number of aliphatic hydroxyl groups excluding tert-OH is 1. The van der Waals surface area contributed by atoms with E-state index in [2.05, 4.69) is 0 Å². The number of rotatable bonds is 5. The molecule has 4 heteroatoms. The van der Waals surface area contributed by atoms with Crippen LogP contribution in [0.3, 0.4) is 0 Å². The maximum absolute atomic E-state index is 13.1. The van der Waals surface area contributed by atoms with Crippen LogP contribution in [0, 0.1) is 11.6 Å². The van der Waals surface area contributed by atoms with Crippen molar-refractivity contribution in [3.05, 3.63) is 65.2 Å². The van der Waals surface area contributed by atoms with Gasteiger partial charge in [-0.2, -0.15) is 0 Å². The normalized spacial score (nSPS) is 12.2. The van der Waals surface area contributed by atoms with E-state index in [1.807, 2.05) is 24.3 Å². The van der Waals surface area contributed by atoms with E-state index in [0.717, 1.165) is 17.7 Å². The third-order valence-electron chi connectivity index (χ3n) is 3.10. The summed E-state index contributed by atoms with van der Waals surface area (Å²) < 4.78 is 31.1. The molecule has 1 atom stereocenters. The van der Waals surface area contributed by atoms with Crippen LogP contribution >= 0.6 is 0 Å². The van der Waals surface area contributed by atoms with Crippen molar-refractivity contribution in [2.24, 2.45) is 0 Å². The lowest BCUT2D eigenvalue weighted by Crippen LogP contribution is -2.14. The standard InChI is InChI=1S/C16H16F2O2/c1-20-16-5-3-2-4-12(16)10-13(19)8-11-6-7-14(17)15(18)9-11/h2-7,9,13,19H,8,10H2,1H3. The molecule has 0 heterocycles. The molecule has 0 spiro atoms. The molecule has 1 N–H and O–H groups in total. The second-order valence-electron chi connectivity index (χ2n) is 4.62. The first-order valence-corrected chi connectivity index (χ1v) is 6.34. The molecular formula is C16H16F2O2. The van der Waals surface area contributed by atoms with Gasteiger partial charge in [-0.3, -0.25) is 0 Å². The van der Waals surface area contributed by atoms with Crippen molar-refractivity contribution in [3.8, 4) is 5.75 Å². The van der Waals surface area contributed by atoms with Gasteiger partial charge in [-0.15, -0.1) is 0 Å². The van der Waals surface area contributed by atoms with Crippen molar-refractivity contribution in [2.75, 3.05) is 7.11 Å². The molecule has 0 bridgehead atoms. The van der Waals surface area contributed by atoms with Crippen molar-refractivity contribution in [3.63, 3.8) is 0 Å². The van der Waals surface area contributed by atoms with Gasteiger partial charge in [0.25, 0.3) is 0 Å². The second kappa shape index (κ2) is 6.48. The largest absolute Gasteiger partial charge is 0.496 e. The van der Waals surface area contributed by atoms with Crippen LogP contribution < -0.4 is 4.74 Å². The van der Waals surface area contributed by atoms with E-state index < -0.39 is 17.7 Å². The van der Waals surface area contributed by atoms with Gasteiger partial charge in [-0.25, -0.2) is 8.78 Å². The minimum atomic E-state index is -0.896. The summed E-state index contributed by atoms with van der Waals surface area (Å²) >= 11 is 0. The zero-order valence-corrected chi connectivity index (χ0v) is 11.1. The van der Waals surface area contributed by atoms with Crippen LogP contribution in [0.15, 0.2) is 42.5 Å². The molecule has 2 nitrogen and oxygen atoms in total. The lowest BCUT2D eigenvalue weighted by atomic mass is 10.0. The van der Waals surface area contributed by atoms with Crippen LogP contribution in [0.2, 0.25) is 0 Å². The molecule has 0 aliphatic carbocycles.